The largest absolute Gasteiger partial charge is 0.377 e. The molecule has 0 saturated heterocycles. The van der Waals surface area contributed by atoms with Crippen molar-refractivity contribution in [1.29, 1.82) is 0 Å². The average Bonchev–Trinajstić information content (AvgIpc) is 2.34. The van der Waals surface area contributed by atoms with Crippen molar-refractivity contribution in [2.24, 2.45) is 0 Å². The first-order valence-electron chi connectivity index (χ1n) is 8.17. The Morgan fingerprint density at radius 2 is 0.905 bits per heavy atom. The van der Waals surface area contributed by atoms with Gasteiger partial charge in [-0.3, -0.25) is 0 Å². The van der Waals surface area contributed by atoms with Gasteiger partial charge in [0, 0.05) is 24.2 Å². The molecule has 0 radical (unpaired) electrons. The molecule has 0 bridgehead atoms. The van der Waals surface area contributed by atoms with Crippen LogP contribution in [0.4, 0.5) is 0 Å². The summed E-state index contributed by atoms with van der Waals surface area (Å²) in [6, 6.07) is 1.74. The molecule has 0 fully saturated rings. The van der Waals surface area contributed by atoms with Crippen LogP contribution in [-0.2, 0) is 14.2 Å². The zero-order valence-corrected chi connectivity index (χ0v) is 14.8. The molecular formula is C16H36N2O3. The Balaban J connectivity index is 3.22. The molecule has 0 heterocycles. The van der Waals surface area contributed by atoms with E-state index in [1.54, 1.807) is 0 Å². The zero-order valence-electron chi connectivity index (χ0n) is 14.8. The van der Waals surface area contributed by atoms with Crippen LogP contribution in [0.1, 0.15) is 41.5 Å². The average molecular weight is 304 g/mol. The van der Waals surface area contributed by atoms with Crippen LogP contribution < -0.4 is 10.6 Å². The third kappa shape index (κ3) is 16.0. The molecule has 2 unspecified atom stereocenters. The molecule has 0 aromatic heterocycles. The normalized spacial score (nSPS) is 14.9. The van der Waals surface area contributed by atoms with Crippen LogP contribution in [0.5, 0.6) is 0 Å². The minimum atomic E-state index is 0.378. The molecular weight excluding hydrogens is 268 g/mol. The Kier molecular flexibility index (Phi) is 13.3. The molecule has 0 spiro atoms. The maximum Gasteiger partial charge on any atom is 0.0701 e. The number of hydrogen-bond donors (Lipinski definition) is 2. The third-order valence-corrected chi connectivity index (χ3v) is 2.72. The Morgan fingerprint density at radius 3 is 1.24 bits per heavy atom. The van der Waals surface area contributed by atoms with Crippen LogP contribution in [0.3, 0.4) is 0 Å². The van der Waals surface area contributed by atoms with Crippen LogP contribution in [0.15, 0.2) is 0 Å². The summed E-state index contributed by atoms with van der Waals surface area (Å²) < 4.78 is 16.6. The topological polar surface area (TPSA) is 51.8 Å². The summed E-state index contributed by atoms with van der Waals surface area (Å²) in [6.45, 7) is 16.7. The van der Waals surface area contributed by atoms with E-state index in [4.69, 9.17) is 14.2 Å². The van der Waals surface area contributed by atoms with E-state index in [1.165, 1.54) is 0 Å². The van der Waals surface area contributed by atoms with Gasteiger partial charge in [-0.2, -0.15) is 0 Å². The molecule has 0 rings (SSSR count). The van der Waals surface area contributed by atoms with E-state index in [9.17, 15) is 0 Å². The number of hydrogen-bond acceptors (Lipinski definition) is 5. The van der Waals surface area contributed by atoms with Crippen LogP contribution in [0, 0.1) is 0 Å². The highest BCUT2D eigenvalue weighted by Gasteiger charge is 2.04. The first-order chi connectivity index (χ1) is 9.91. The van der Waals surface area contributed by atoms with Crippen molar-refractivity contribution >= 4 is 0 Å². The second-order valence-electron chi connectivity index (χ2n) is 6.21. The van der Waals surface area contributed by atoms with Gasteiger partial charge in [-0.15, -0.1) is 0 Å². The van der Waals surface area contributed by atoms with Gasteiger partial charge in [0.1, 0.15) is 0 Å². The SMILES string of the molecule is CC(C)NC(C)COCCOCCOCC(C)NC(C)C. The van der Waals surface area contributed by atoms with E-state index in [-0.39, 0.29) is 0 Å². The summed E-state index contributed by atoms with van der Waals surface area (Å²) >= 11 is 0. The van der Waals surface area contributed by atoms with Gasteiger partial charge in [0.2, 0.25) is 0 Å². The van der Waals surface area contributed by atoms with E-state index in [0.29, 0.717) is 50.6 Å². The monoisotopic (exact) mass is 304 g/mol. The van der Waals surface area contributed by atoms with Crippen LogP contribution in [-0.4, -0.2) is 63.8 Å². The zero-order chi connectivity index (χ0) is 16.1. The first-order valence-corrected chi connectivity index (χ1v) is 8.17. The second kappa shape index (κ2) is 13.5. The molecule has 0 aliphatic carbocycles. The molecule has 21 heavy (non-hydrogen) atoms. The molecule has 5 heteroatoms. The fourth-order valence-electron chi connectivity index (χ4n) is 2.09. The predicted octanol–water partition coefficient (Wildman–Crippen LogP) is 1.81. The second-order valence-corrected chi connectivity index (χ2v) is 6.21. The van der Waals surface area contributed by atoms with Gasteiger partial charge in [0.05, 0.1) is 39.6 Å². The molecule has 0 saturated carbocycles. The molecule has 0 aliphatic rings. The fraction of sp³-hybridized carbons (Fsp3) is 1.00. The summed E-state index contributed by atoms with van der Waals surface area (Å²) in [6.07, 6.45) is 0. The van der Waals surface area contributed by atoms with E-state index < -0.39 is 0 Å². The first kappa shape index (κ1) is 20.8. The summed E-state index contributed by atoms with van der Waals surface area (Å²) in [4.78, 5) is 0. The Labute approximate surface area is 131 Å². The maximum absolute atomic E-state index is 5.55. The van der Waals surface area contributed by atoms with Gasteiger partial charge >= 0.3 is 0 Å². The van der Waals surface area contributed by atoms with Gasteiger partial charge in [-0.05, 0) is 13.8 Å². The van der Waals surface area contributed by atoms with Crippen molar-refractivity contribution < 1.29 is 14.2 Å². The molecule has 128 valence electrons. The highest BCUT2D eigenvalue weighted by molar-refractivity contribution is 4.63. The number of rotatable bonds is 14. The smallest absolute Gasteiger partial charge is 0.0701 e. The maximum atomic E-state index is 5.55. The van der Waals surface area contributed by atoms with Crippen LogP contribution in [0.25, 0.3) is 0 Å². The highest BCUT2D eigenvalue weighted by atomic mass is 16.5. The van der Waals surface area contributed by atoms with Gasteiger partial charge in [-0.1, -0.05) is 27.7 Å². The van der Waals surface area contributed by atoms with E-state index in [1.807, 2.05) is 0 Å². The summed E-state index contributed by atoms with van der Waals surface area (Å²) in [5.74, 6) is 0. The van der Waals surface area contributed by atoms with Crippen molar-refractivity contribution in [3.05, 3.63) is 0 Å². The van der Waals surface area contributed by atoms with Crippen LogP contribution in [0.2, 0.25) is 0 Å². The van der Waals surface area contributed by atoms with Crippen LogP contribution >= 0.6 is 0 Å². The summed E-state index contributed by atoms with van der Waals surface area (Å²) in [5.41, 5.74) is 0. The molecule has 0 aliphatic heterocycles. The van der Waals surface area contributed by atoms with E-state index >= 15 is 0 Å². The molecule has 5 nitrogen and oxygen atoms in total. The Hall–Kier alpha value is -0.200. The number of ether oxygens (including phenoxy) is 3. The number of nitrogens with one attached hydrogen (secondary N) is 2. The molecule has 0 aromatic carbocycles. The van der Waals surface area contributed by atoms with Crippen molar-refractivity contribution in [2.45, 2.75) is 65.7 Å². The van der Waals surface area contributed by atoms with Gasteiger partial charge in [0.25, 0.3) is 0 Å². The Bertz CT molecular complexity index is 204. The standard InChI is InChI=1S/C16H36N2O3/c1-13(2)17-15(5)11-20-9-7-19-8-10-21-12-16(6)18-14(3)4/h13-18H,7-12H2,1-6H3. The lowest BCUT2D eigenvalue weighted by Gasteiger charge is -2.17. The van der Waals surface area contributed by atoms with Crippen molar-refractivity contribution in [1.82, 2.24) is 10.6 Å². The van der Waals surface area contributed by atoms with Crippen molar-refractivity contribution in [3.8, 4) is 0 Å². The third-order valence-electron chi connectivity index (χ3n) is 2.72. The van der Waals surface area contributed by atoms with Gasteiger partial charge in [-0.25, -0.2) is 0 Å². The van der Waals surface area contributed by atoms with E-state index in [2.05, 4.69) is 52.2 Å². The molecule has 2 atom stereocenters. The van der Waals surface area contributed by atoms with Gasteiger partial charge < -0.3 is 24.8 Å². The molecule has 0 aromatic rings. The minimum absolute atomic E-state index is 0.378. The molecule has 2 N–H and O–H groups in total. The van der Waals surface area contributed by atoms with Crippen molar-refractivity contribution in [2.75, 3.05) is 39.6 Å². The lowest BCUT2D eigenvalue weighted by atomic mass is 10.3. The van der Waals surface area contributed by atoms with Gasteiger partial charge in [0.15, 0.2) is 0 Å². The van der Waals surface area contributed by atoms with E-state index in [0.717, 1.165) is 13.2 Å². The molecule has 0 amide bonds. The fourth-order valence-corrected chi connectivity index (χ4v) is 2.09. The lowest BCUT2D eigenvalue weighted by Crippen LogP contribution is -2.36. The lowest BCUT2D eigenvalue weighted by molar-refractivity contribution is 0.00763. The quantitative estimate of drug-likeness (QED) is 0.479. The minimum Gasteiger partial charge on any atom is -0.377 e. The Morgan fingerprint density at radius 1 is 0.571 bits per heavy atom. The van der Waals surface area contributed by atoms with Crippen molar-refractivity contribution in [3.63, 3.8) is 0 Å². The summed E-state index contributed by atoms with van der Waals surface area (Å²) in [7, 11) is 0. The summed E-state index contributed by atoms with van der Waals surface area (Å²) in [5, 5.41) is 6.79. The highest BCUT2D eigenvalue weighted by Crippen LogP contribution is 1.90. The predicted molar refractivity (Wildman–Crippen MR) is 87.9 cm³/mol.